The number of unbranched alkanes of at least 4 members (excludes halogenated alkanes) is 3. The Labute approximate surface area is 115 Å². The molecule has 19 heavy (non-hydrogen) atoms. The summed E-state index contributed by atoms with van der Waals surface area (Å²) in [5, 5.41) is 8.71. The van der Waals surface area contributed by atoms with Crippen molar-refractivity contribution in [2.24, 2.45) is 5.92 Å². The summed E-state index contributed by atoms with van der Waals surface area (Å²) in [6.07, 6.45) is 5.41. The van der Waals surface area contributed by atoms with Crippen molar-refractivity contribution in [3.63, 3.8) is 0 Å². The van der Waals surface area contributed by atoms with E-state index >= 15 is 0 Å². The minimum atomic E-state index is -0.188. The molecule has 0 spiro atoms. The molecule has 0 radical (unpaired) electrons. The van der Waals surface area contributed by atoms with Gasteiger partial charge in [0.25, 0.3) is 0 Å². The Hall–Kier alpha value is -0.900. The molecule has 1 heterocycles. The van der Waals surface area contributed by atoms with E-state index in [4.69, 9.17) is 14.6 Å². The van der Waals surface area contributed by atoms with Gasteiger partial charge in [0.2, 0.25) is 0 Å². The van der Waals surface area contributed by atoms with Gasteiger partial charge in [-0.05, 0) is 12.8 Å². The molecular weight excluding hydrogens is 240 g/mol. The van der Waals surface area contributed by atoms with Crippen molar-refractivity contribution < 1.29 is 14.6 Å². The summed E-state index contributed by atoms with van der Waals surface area (Å²) in [7, 11) is 0. The van der Waals surface area contributed by atoms with Crippen molar-refractivity contribution in [2.75, 3.05) is 19.8 Å². The zero-order valence-corrected chi connectivity index (χ0v) is 11.5. The van der Waals surface area contributed by atoms with Crippen LogP contribution in [0.4, 0.5) is 0 Å². The predicted octanol–water partition coefficient (Wildman–Crippen LogP) is 3.29. The first-order valence-electron chi connectivity index (χ1n) is 7.29. The third-order valence-electron chi connectivity index (χ3n) is 3.56. The lowest BCUT2D eigenvalue weighted by atomic mass is 10.0. The van der Waals surface area contributed by atoms with Gasteiger partial charge in [0.1, 0.15) is 0 Å². The Bertz CT molecular complexity index is 331. The van der Waals surface area contributed by atoms with E-state index < -0.39 is 0 Å². The summed E-state index contributed by atoms with van der Waals surface area (Å²) in [5.41, 5.74) is 1.10. The van der Waals surface area contributed by atoms with Gasteiger partial charge in [-0.25, -0.2) is 0 Å². The van der Waals surface area contributed by atoms with Gasteiger partial charge >= 0.3 is 0 Å². The number of hydrogen-bond donors (Lipinski definition) is 1. The zero-order valence-electron chi connectivity index (χ0n) is 11.5. The van der Waals surface area contributed by atoms with Crippen molar-refractivity contribution in [2.45, 2.75) is 38.4 Å². The van der Waals surface area contributed by atoms with Crippen LogP contribution >= 0.6 is 0 Å². The standard InChI is InChI=1S/C16H24O3/c17-11-7-2-1-4-8-14-12-18-16(19-13-14)15-9-5-3-6-10-15/h3,5-6,9-10,14,16-17H,1-2,4,7-8,11-13H2. The van der Waals surface area contributed by atoms with Crippen molar-refractivity contribution in [1.29, 1.82) is 0 Å². The first kappa shape index (κ1) is 14.5. The van der Waals surface area contributed by atoms with Gasteiger partial charge in [-0.15, -0.1) is 0 Å². The van der Waals surface area contributed by atoms with Crippen molar-refractivity contribution >= 4 is 0 Å². The van der Waals surface area contributed by atoms with Crippen LogP contribution in [0.2, 0.25) is 0 Å². The molecule has 1 N–H and O–H groups in total. The van der Waals surface area contributed by atoms with Gasteiger partial charge in [-0.2, -0.15) is 0 Å². The molecule has 0 bridgehead atoms. The Morgan fingerprint density at radius 3 is 2.32 bits per heavy atom. The molecule has 3 heteroatoms. The second kappa shape index (κ2) is 8.31. The number of ether oxygens (including phenoxy) is 2. The summed E-state index contributed by atoms with van der Waals surface area (Å²) in [4.78, 5) is 0. The number of hydrogen-bond acceptors (Lipinski definition) is 3. The third-order valence-corrected chi connectivity index (χ3v) is 3.56. The molecule has 0 saturated carbocycles. The molecule has 0 atom stereocenters. The fourth-order valence-corrected chi connectivity index (χ4v) is 2.41. The van der Waals surface area contributed by atoms with Crippen LogP contribution < -0.4 is 0 Å². The molecule has 1 aliphatic rings. The molecule has 106 valence electrons. The smallest absolute Gasteiger partial charge is 0.183 e. The largest absolute Gasteiger partial charge is 0.396 e. The lowest BCUT2D eigenvalue weighted by Crippen LogP contribution is -2.27. The lowest BCUT2D eigenvalue weighted by Gasteiger charge is -2.29. The minimum Gasteiger partial charge on any atom is -0.396 e. The Kier molecular flexibility index (Phi) is 6.34. The highest BCUT2D eigenvalue weighted by Gasteiger charge is 2.22. The van der Waals surface area contributed by atoms with Crippen LogP contribution in [0.5, 0.6) is 0 Å². The summed E-state index contributed by atoms with van der Waals surface area (Å²) in [5.74, 6) is 0.522. The van der Waals surface area contributed by atoms with Crippen LogP contribution in [0.1, 0.15) is 44.0 Å². The van der Waals surface area contributed by atoms with E-state index in [-0.39, 0.29) is 6.29 Å². The molecule has 0 amide bonds. The van der Waals surface area contributed by atoms with E-state index in [1.807, 2.05) is 30.3 Å². The number of rotatable bonds is 7. The van der Waals surface area contributed by atoms with E-state index in [2.05, 4.69) is 0 Å². The topological polar surface area (TPSA) is 38.7 Å². The molecule has 0 aromatic heterocycles. The maximum absolute atomic E-state index is 8.71. The van der Waals surface area contributed by atoms with Crippen LogP contribution in [0.25, 0.3) is 0 Å². The highest BCUT2D eigenvalue weighted by atomic mass is 16.7. The van der Waals surface area contributed by atoms with E-state index in [1.165, 1.54) is 12.8 Å². The highest BCUT2D eigenvalue weighted by molar-refractivity contribution is 5.16. The van der Waals surface area contributed by atoms with Gasteiger partial charge in [-0.1, -0.05) is 49.6 Å². The van der Waals surface area contributed by atoms with Crippen molar-refractivity contribution in [3.05, 3.63) is 35.9 Å². The summed E-state index contributed by atoms with van der Waals surface area (Å²) < 4.78 is 11.6. The van der Waals surface area contributed by atoms with E-state index in [0.717, 1.165) is 38.0 Å². The van der Waals surface area contributed by atoms with Crippen LogP contribution in [0.3, 0.4) is 0 Å². The maximum Gasteiger partial charge on any atom is 0.183 e. The fraction of sp³-hybridized carbons (Fsp3) is 0.625. The second-order valence-electron chi connectivity index (χ2n) is 5.20. The molecule has 1 saturated heterocycles. The quantitative estimate of drug-likeness (QED) is 0.768. The Morgan fingerprint density at radius 2 is 1.63 bits per heavy atom. The van der Waals surface area contributed by atoms with Crippen LogP contribution in [0.15, 0.2) is 30.3 Å². The zero-order chi connectivity index (χ0) is 13.3. The number of aliphatic hydroxyl groups excluding tert-OH is 1. The van der Waals surface area contributed by atoms with Crippen LogP contribution in [-0.2, 0) is 9.47 Å². The van der Waals surface area contributed by atoms with Gasteiger partial charge in [-0.3, -0.25) is 0 Å². The molecule has 3 nitrogen and oxygen atoms in total. The molecule has 1 aliphatic heterocycles. The molecule has 1 aromatic rings. The van der Waals surface area contributed by atoms with Crippen LogP contribution in [-0.4, -0.2) is 24.9 Å². The average Bonchev–Trinajstić information content (AvgIpc) is 2.49. The fourth-order valence-electron chi connectivity index (χ4n) is 2.41. The van der Waals surface area contributed by atoms with Gasteiger partial charge < -0.3 is 14.6 Å². The van der Waals surface area contributed by atoms with Gasteiger partial charge in [0.05, 0.1) is 13.2 Å². The normalized spacial score (nSPS) is 23.4. The highest BCUT2D eigenvalue weighted by Crippen LogP contribution is 2.26. The average molecular weight is 264 g/mol. The molecule has 0 aliphatic carbocycles. The van der Waals surface area contributed by atoms with Gasteiger partial charge in [0.15, 0.2) is 6.29 Å². The second-order valence-corrected chi connectivity index (χ2v) is 5.20. The van der Waals surface area contributed by atoms with E-state index in [0.29, 0.717) is 12.5 Å². The van der Waals surface area contributed by atoms with Crippen molar-refractivity contribution in [3.8, 4) is 0 Å². The van der Waals surface area contributed by atoms with E-state index in [1.54, 1.807) is 0 Å². The molecule has 1 aromatic carbocycles. The maximum atomic E-state index is 8.71. The molecule has 1 fully saturated rings. The summed E-state index contributed by atoms with van der Waals surface area (Å²) >= 11 is 0. The summed E-state index contributed by atoms with van der Waals surface area (Å²) in [6.45, 7) is 1.90. The number of aliphatic hydroxyl groups is 1. The predicted molar refractivity (Wildman–Crippen MR) is 74.7 cm³/mol. The molecule has 0 unspecified atom stereocenters. The van der Waals surface area contributed by atoms with E-state index in [9.17, 15) is 0 Å². The molecule has 2 rings (SSSR count). The first-order chi connectivity index (χ1) is 9.40. The van der Waals surface area contributed by atoms with Crippen molar-refractivity contribution in [1.82, 2.24) is 0 Å². The Morgan fingerprint density at radius 1 is 0.947 bits per heavy atom. The molecular formula is C16H24O3. The monoisotopic (exact) mass is 264 g/mol. The summed E-state index contributed by atoms with van der Waals surface area (Å²) in [6, 6.07) is 10.1. The van der Waals surface area contributed by atoms with Crippen LogP contribution in [0, 0.1) is 5.92 Å². The Balaban J connectivity index is 1.63. The third kappa shape index (κ3) is 4.94. The SMILES string of the molecule is OCCCCCCC1COC(c2ccccc2)OC1. The minimum absolute atomic E-state index is 0.188. The lowest BCUT2D eigenvalue weighted by molar-refractivity contribution is -0.206. The van der Waals surface area contributed by atoms with Gasteiger partial charge in [0, 0.05) is 18.1 Å². The number of benzene rings is 1. The first-order valence-corrected chi connectivity index (χ1v) is 7.29.